The molecule has 47 heavy (non-hydrogen) atoms. The van der Waals surface area contributed by atoms with E-state index in [1.165, 1.54) is 12.1 Å². The van der Waals surface area contributed by atoms with Gasteiger partial charge in [-0.1, -0.05) is 71.4 Å². The number of ether oxygens (including phenoxy) is 1. The predicted octanol–water partition coefficient (Wildman–Crippen LogP) is 1.89. The zero-order chi connectivity index (χ0) is 35.9. The average Bonchev–Trinajstić information content (AvgIpc) is 2.98. The molecule has 14 nitrogen and oxygen atoms in total. The second-order valence-corrected chi connectivity index (χ2v) is 13.7. The number of thiol groups is 1. The molecule has 0 aliphatic rings. The Labute approximate surface area is 281 Å². The van der Waals surface area contributed by atoms with Gasteiger partial charge in [-0.15, -0.1) is 0 Å². The number of carbonyl (C=O) groups excluding carboxylic acids is 6. The van der Waals surface area contributed by atoms with Crippen LogP contribution in [0.3, 0.4) is 0 Å². The summed E-state index contributed by atoms with van der Waals surface area (Å²) in [5, 5.41) is 21.7. The quantitative estimate of drug-likeness (QED) is 0.0840. The number of hydrogen-bond donors (Lipinski definition) is 7. The highest BCUT2D eigenvalue weighted by Crippen LogP contribution is 2.19. The van der Waals surface area contributed by atoms with Crippen molar-refractivity contribution in [3.63, 3.8) is 0 Å². The lowest BCUT2D eigenvalue weighted by molar-refractivity contribution is -0.142. The van der Waals surface area contributed by atoms with Crippen LogP contribution in [0.1, 0.15) is 79.3 Å². The van der Waals surface area contributed by atoms with E-state index in [2.05, 4.69) is 39.2 Å². The van der Waals surface area contributed by atoms with Crippen molar-refractivity contribution >= 4 is 54.1 Å². The van der Waals surface area contributed by atoms with Crippen LogP contribution >= 0.6 is 12.6 Å². The van der Waals surface area contributed by atoms with Crippen LogP contribution in [0.15, 0.2) is 30.3 Å². The van der Waals surface area contributed by atoms with Gasteiger partial charge in [-0.2, -0.15) is 12.6 Å². The van der Waals surface area contributed by atoms with E-state index in [1.54, 1.807) is 39.0 Å². The summed E-state index contributed by atoms with van der Waals surface area (Å²) in [7, 11) is 0. The standard InChI is InChI=1S/C32H49N5O9S/c1-8-12-21(25(39)28(41)33-16-23(38)36-24(30(43)44)20-13-10-9-11-14-20)34-27(40)22(15-18(2)3)35-29(42)26(32(6,7)47)37-31(45)46-17-19(4)5/h9-11,13-14,18-19,21-22,24,26,47H,8,12,15-17H2,1-7H3,(H,33,41)(H,34,40)(H,35,42)(H,36,38)(H,37,45)(H,43,44)/t21?,22-,24-,26+/m0/s1. The highest BCUT2D eigenvalue weighted by Gasteiger charge is 2.37. The van der Waals surface area contributed by atoms with Crippen molar-refractivity contribution in [2.24, 2.45) is 11.8 Å². The summed E-state index contributed by atoms with van der Waals surface area (Å²) >= 11 is 4.45. The van der Waals surface area contributed by atoms with E-state index in [1.807, 2.05) is 27.7 Å². The van der Waals surface area contributed by atoms with E-state index < -0.39 is 76.9 Å². The number of alkyl carbamates (subject to hydrolysis) is 1. The summed E-state index contributed by atoms with van der Waals surface area (Å²) in [4.78, 5) is 89.0. The van der Waals surface area contributed by atoms with Crippen LogP contribution in [-0.4, -0.2) is 82.6 Å². The SMILES string of the molecule is CCCC(NC(=O)[C@H](CC(C)C)NC(=O)[C@@H](NC(=O)OCC(C)C)C(C)(C)S)C(=O)C(=O)NCC(=O)N[C@H](C(=O)O)c1ccccc1. The van der Waals surface area contributed by atoms with Crippen molar-refractivity contribution in [1.29, 1.82) is 0 Å². The minimum absolute atomic E-state index is 0.0677. The molecule has 0 aliphatic heterocycles. The molecule has 0 saturated carbocycles. The highest BCUT2D eigenvalue weighted by molar-refractivity contribution is 7.81. The van der Waals surface area contributed by atoms with Gasteiger partial charge in [0, 0.05) is 4.75 Å². The lowest BCUT2D eigenvalue weighted by atomic mass is 9.98. The molecule has 15 heteroatoms. The van der Waals surface area contributed by atoms with E-state index in [0.717, 1.165) is 0 Å². The molecule has 4 atom stereocenters. The molecule has 0 spiro atoms. The van der Waals surface area contributed by atoms with Gasteiger partial charge in [0.05, 0.1) is 19.2 Å². The number of nitrogens with one attached hydrogen (secondary N) is 5. The van der Waals surface area contributed by atoms with Gasteiger partial charge < -0.3 is 36.4 Å². The summed E-state index contributed by atoms with van der Waals surface area (Å²) in [5.41, 5.74) is 0.315. The fourth-order valence-corrected chi connectivity index (χ4v) is 4.49. The molecule has 0 bridgehead atoms. The normalized spacial score (nSPS) is 13.8. The number of carbonyl (C=O) groups is 7. The Morgan fingerprint density at radius 2 is 1.45 bits per heavy atom. The monoisotopic (exact) mass is 679 g/mol. The van der Waals surface area contributed by atoms with Crippen molar-refractivity contribution in [3.8, 4) is 0 Å². The number of carboxylic acids is 1. The Morgan fingerprint density at radius 1 is 0.851 bits per heavy atom. The molecule has 1 aromatic rings. The third kappa shape index (κ3) is 14.9. The van der Waals surface area contributed by atoms with Crippen molar-refractivity contribution in [1.82, 2.24) is 26.6 Å². The first-order valence-corrected chi connectivity index (χ1v) is 16.0. The Bertz CT molecular complexity index is 1250. The fourth-order valence-electron chi connectivity index (χ4n) is 4.30. The van der Waals surface area contributed by atoms with Crippen LogP contribution in [0.4, 0.5) is 4.79 Å². The number of Topliss-reactive ketones (excluding diaryl/α,β-unsaturated/α-hetero) is 1. The molecular formula is C32H49N5O9S. The Kier molecular flexibility index (Phi) is 17.0. The van der Waals surface area contributed by atoms with Crippen LogP contribution < -0.4 is 26.6 Å². The molecule has 0 fully saturated rings. The largest absolute Gasteiger partial charge is 0.479 e. The van der Waals surface area contributed by atoms with Gasteiger partial charge in [-0.05, 0) is 44.1 Å². The van der Waals surface area contributed by atoms with Crippen molar-refractivity contribution in [3.05, 3.63) is 35.9 Å². The molecule has 0 aliphatic carbocycles. The maximum absolute atomic E-state index is 13.4. The number of aliphatic carboxylic acids is 1. The van der Waals surface area contributed by atoms with Gasteiger partial charge in [-0.25, -0.2) is 9.59 Å². The summed E-state index contributed by atoms with van der Waals surface area (Å²) in [6.07, 6.45) is -0.170. The second kappa shape index (κ2) is 19.5. The van der Waals surface area contributed by atoms with E-state index in [0.29, 0.717) is 12.0 Å². The second-order valence-electron chi connectivity index (χ2n) is 12.6. The molecule has 5 amide bonds. The van der Waals surface area contributed by atoms with Crippen LogP contribution in [0.25, 0.3) is 0 Å². The Hall–Kier alpha value is -4.14. The number of carboxylic acid groups (broad SMARTS) is 1. The molecule has 1 unspecified atom stereocenters. The van der Waals surface area contributed by atoms with Crippen LogP contribution in [-0.2, 0) is 33.5 Å². The number of amides is 5. The van der Waals surface area contributed by atoms with Gasteiger partial charge in [0.1, 0.15) is 12.1 Å². The van der Waals surface area contributed by atoms with Crippen LogP contribution in [0, 0.1) is 11.8 Å². The number of hydrogen-bond acceptors (Lipinski definition) is 9. The van der Waals surface area contributed by atoms with Gasteiger partial charge in [0.15, 0.2) is 6.04 Å². The zero-order valence-electron chi connectivity index (χ0n) is 28.0. The lowest BCUT2D eigenvalue weighted by Gasteiger charge is -2.31. The van der Waals surface area contributed by atoms with Crippen molar-refractivity contribution in [2.45, 2.75) is 96.6 Å². The minimum Gasteiger partial charge on any atom is -0.479 e. The highest BCUT2D eigenvalue weighted by atomic mass is 32.1. The first-order chi connectivity index (χ1) is 21.9. The predicted molar refractivity (Wildman–Crippen MR) is 177 cm³/mol. The number of ketones is 1. The third-order valence-electron chi connectivity index (χ3n) is 6.65. The van der Waals surface area contributed by atoms with E-state index in [4.69, 9.17) is 4.74 Å². The maximum atomic E-state index is 13.4. The van der Waals surface area contributed by atoms with Gasteiger partial charge in [0.25, 0.3) is 5.91 Å². The number of rotatable bonds is 19. The molecule has 0 heterocycles. The zero-order valence-corrected chi connectivity index (χ0v) is 28.9. The average molecular weight is 680 g/mol. The molecule has 0 saturated heterocycles. The molecule has 1 aromatic carbocycles. The lowest BCUT2D eigenvalue weighted by Crippen LogP contribution is -2.60. The summed E-state index contributed by atoms with van der Waals surface area (Å²) in [6.45, 7) is 11.8. The van der Waals surface area contributed by atoms with Crippen LogP contribution in [0.2, 0.25) is 0 Å². The third-order valence-corrected chi connectivity index (χ3v) is 6.91. The topological polar surface area (TPSA) is 209 Å². The fraction of sp³-hybridized carbons (Fsp3) is 0.594. The molecule has 262 valence electrons. The number of benzene rings is 1. The first kappa shape index (κ1) is 40.9. The summed E-state index contributed by atoms with van der Waals surface area (Å²) in [5.74, 6) is -5.78. The Morgan fingerprint density at radius 3 is 1.96 bits per heavy atom. The first-order valence-electron chi connectivity index (χ1n) is 15.5. The smallest absolute Gasteiger partial charge is 0.407 e. The van der Waals surface area contributed by atoms with Gasteiger partial charge >= 0.3 is 12.1 Å². The summed E-state index contributed by atoms with van der Waals surface area (Å²) in [6, 6.07) is 2.96. The minimum atomic E-state index is -1.37. The van der Waals surface area contributed by atoms with E-state index >= 15 is 0 Å². The van der Waals surface area contributed by atoms with Crippen LogP contribution in [0.5, 0.6) is 0 Å². The summed E-state index contributed by atoms with van der Waals surface area (Å²) < 4.78 is 4.08. The van der Waals surface area contributed by atoms with Gasteiger partial charge in [0.2, 0.25) is 23.5 Å². The van der Waals surface area contributed by atoms with Gasteiger partial charge in [-0.3, -0.25) is 24.0 Å². The molecule has 0 aromatic heterocycles. The van der Waals surface area contributed by atoms with Crippen molar-refractivity contribution < 1.29 is 43.4 Å². The van der Waals surface area contributed by atoms with Crippen molar-refractivity contribution in [2.75, 3.05) is 13.2 Å². The van der Waals surface area contributed by atoms with E-state index in [-0.39, 0.29) is 31.3 Å². The molecule has 6 N–H and O–H groups in total. The van der Waals surface area contributed by atoms with E-state index in [9.17, 15) is 38.7 Å². The Balaban J connectivity index is 2.98. The molecular weight excluding hydrogens is 630 g/mol. The molecule has 0 radical (unpaired) electrons. The molecule has 1 rings (SSSR count). The maximum Gasteiger partial charge on any atom is 0.407 e.